The molecule has 1 aromatic carbocycles. The molecular formula is C25H25BrF3N5O5S. The number of anilines is 1. The maximum absolute atomic E-state index is 13.2. The van der Waals surface area contributed by atoms with Crippen molar-refractivity contribution in [2.45, 2.75) is 48.4 Å². The molecule has 0 amide bonds. The fourth-order valence-electron chi connectivity index (χ4n) is 4.61. The van der Waals surface area contributed by atoms with Gasteiger partial charge in [-0.2, -0.15) is 21.6 Å². The van der Waals surface area contributed by atoms with Crippen LogP contribution in [-0.2, 0) is 25.8 Å². The number of rotatable bonds is 9. The normalized spacial score (nSPS) is 19.7. The van der Waals surface area contributed by atoms with E-state index in [1.807, 2.05) is 19.0 Å². The summed E-state index contributed by atoms with van der Waals surface area (Å²) in [6, 6.07) is 7.76. The lowest BCUT2D eigenvalue weighted by Gasteiger charge is -2.39. The van der Waals surface area contributed by atoms with Crippen LogP contribution in [0.25, 0.3) is 0 Å². The lowest BCUT2D eigenvalue weighted by Crippen LogP contribution is -2.46. The van der Waals surface area contributed by atoms with Gasteiger partial charge in [-0.15, -0.1) is 0 Å². The highest BCUT2D eigenvalue weighted by Gasteiger charge is 2.37. The summed E-state index contributed by atoms with van der Waals surface area (Å²) in [6.45, 7) is -0.0449. The predicted molar refractivity (Wildman–Crippen MR) is 141 cm³/mol. The zero-order chi connectivity index (χ0) is 29.1. The zero-order valence-electron chi connectivity index (χ0n) is 21.3. The first-order valence-electron chi connectivity index (χ1n) is 12.0. The molecule has 2 aromatic heterocycles. The molecule has 0 spiro atoms. The maximum atomic E-state index is 13.2. The van der Waals surface area contributed by atoms with Gasteiger partial charge >= 0.3 is 12.6 Å². The highest BCUT2D eigenvalue weighted by atomic mass is 79.9. The SMILES string of the molecule is CN(C)[C@H]1C[C@@H](c2cccc(C(F)(F)F)c2)CC[C@@H]1Oc1ncc(S(=O)(=O)N(OC=O)c2ccncn2)cc1Br. The van der Waals surface area contributed by atoms with Gasteiger partial charge in [-0.05, 0) is 72.9 Å². The number of carbonyl (C=O) groups is 1. The summed E-state index contributed by atoms with van der Waals surface area (Å²) in [5.41, 5.74) is -0.0513. The van der Waals surface area contributed by atoms with Gasteiger partial charge in [0.25, 0.3) is 10.0 Å². The minimum Gasteiger partial charge on any atom is -0.472 e. The van der Waals surface area contributed by atoms with Gasteiger partial charge in [0.15, 0.2) is 5.82 Å². The highest BCUT2D eigenvalue weighted by Crippen LogP contribution is 2.39. The molecule has 1 saturated carbocycles. The third-order valence-electron chi connectivity index (χ3n) is 6.56. The van der Waals surface area contributed by atoms with Gasteiger partial charge < -0.3 is 14.5 Å². The molecule has 0 unspecified atom stereocenters. The van der Waals surface area contributed by atoms with Crippen LogP contribution in [0.1, 0.15) is 36.3 Å². The van der Waals surface area contributed by atoms with E-state index in [0.29, 0.717) is 29.3 Å². The summed E-state index contributed by atoms with van der Waals surface area (Å²) in [5.74, 6) is -0.146. The summed E-state index contributed by atoms with van der Waals surface area (Å²) in [7, 11) is -0.685. The molecule has 0 saturated heterocycles. The summed E-state index contributed by atoms with van der Waals surface area (Å²) in [4.78, 5) is 29.0. The third kappa shape index (κ3) is 6.53. The second kappa shape index (κ2) is 12.1. The van der Waals surface area contributed by atoms with Crippen molar-refractivity contribution in [1.29, 1.82) is 0 Å². The quantitative estimate of drug-likeness (QED) is 0.244. The van der Waals surface area contributed by atoms with E-state index in [1.165, 1.54) is 30.5 Å². The summed E-state index contributed by atoms with van der Waals surface area (Å²) in [6.07, 6.45) is 0.354. The molecule has 3 aromatic rings. The number of hydrogen-bond acceptors (Lipinski definition) is 9. The van der Waals surface area contributed by atoms with Gasteiger partial charge in [0.1, 0.15) is 17.3 Å². The Labute approximate surface area is 237 Å². The molecule has 1 aliphatic carbocycles. The van der Waals surface area contributed by atoms with Crippen LogP contribution in [0.4, 0.5) is 19.0 Å². The monoisotopic (exact) mass is 643 g/mol. The molecule has 15 heteroatoms. The second-order valence-electron chi connectivity index (χ2n) is 9.28. The van der Waals surface area contributed by atoms with Crippen LogP contribution in [0, 0.1) is 0 Å². The Balaban J connectivity index is 1.53. The van der Waals surface area contributed by atoms with Crippen molar-refractivity contribution in [1.82, 2.24) is 19.9 Å². The molecule has 0 bridgehead atoms. The largest absolute Gasteiger partial charge is 0.472 e. The zero-order valence-corrected chi connectivity index (χ0v) is 23.7. The number of nitrogens with zero attached hydrogens (tertiary/aromatic N) is 5. The summed E-state index contributed by atoms with van der Waals surface area (Å²) < 4.78 is 72.9. The lowest BCUT2D eigenvalue weighted by atomic mass is 9.79. The van der Waals surface area contributed by atoms with E-state index >= 15 is 0 Å². The summed E-state index contributed by atoms with van der Waals surface area (Å²) in [5, 5.41) is 0. The number of pyridine rings is 1. The van der Waals surface area contributed by atoms with Gasteiger partial charge in [0.05, 0.1) is 16.2 Å². The topological polar surface area (TPSA) is 115 Å². The van der Waals surface area contributed by atoms with Crippen molar-refractivity contribution in [2.24, 2.45) is 0 Å². The van der Waals surface area contributed by atoms with Crippen molar-refractivity contribution in [2.75, 3.05) is 18.6 Å². The number of benzene rings is 1. The standard InChI is InChI=1S/C25H25BrF3N5O5S/c1-33(2)21-11-17(16-4-3-5-18(10-16)25(27,28)29)6-7-22(21)39-24-20(26)12-19(13-31-24)40(36,37)34(38-15-35)23-8-9-30-14-32-23/h3-5,8-10,12-15,17,21-22H,6-7,11H2,1-2H3/t17-,21-,22-/m0/s1. The van der Waals surface area contributed by atoms with Crippen molar-refractivity contribution in [3.8, 4) is 5.88 Å². The number of carbonyl (C=O) groups excluding carboxylic acids is 1. The van der Waals surface area contributed by atoms with Crippen LogP contribution < -0.4 is 9.21 Å². The van der Waals surface area contributed by atoms with Crippen molar-refractivity contribution >= 4 is 38.2 Å². The van der Waals surface area contributed by atoms with Crippen molar-refractivity contribution in [3.63, 3.8) is 0 Å². The van der Waals surface area contributed by atoms with E-state index in [4.69, 9.17) is 4.74 Å². The molecule has 0 aliphatic heterocycles. The Kier molecular flexibility index (Phi) is 8.95. The number of ether oxygens (including phenoxy) is 1. The van der Waals surface area contributed by atoms with E-state index in [1.54, 1.807) is 6.07 Å². The number of aromatic nitrogens is 3. The molecule has 0 radical (unpaired) electrons. The number of alkyl halides is 3. The fraction of sp³-hybridized carbons (Fsp3) is 0.360. The Hall–Kier alpha value is -3.30. The number of halogens is 4. The van der Waals surface area contributed by atoms with Crippen molar-refractivity contribution < 1.29 is 36.0 Å². The molecule has 40 heavy (non-hydrogen) atoms. The first-order valence-corrected chi connectivity index (χ1v) is 14.2. The highest BCUT2D eigenvalue weighted by molar-refractivity contribution is 9.10. The van der Waals surface area contributed by atoms with E-state index in [2.05, 4.69) is 35.7 Å². The predicted octanol–water partition coefficient (Wildman–Crippen LogP) is 4.58. The number of likely N-dealkylation sites (N-methyl/N-ethyl adjacent to an activating group) is 1. The fourth-order valence-corrected chi connectivity index (χ4v) is 6.35. The minimum atomic E-state index is -4.42. The molecule has 4 rings (SSSR count). The van der Waals surface area contributed by atoms with E-state index in [0.717, 1.165) is 18.6 Å². The van der Waals surface area contributed by atoms with E-state index < -0.39 is 21.8 Å². The van der Waals surface area contributed by atoms with Crippen LogP contribution in [0.15, 0.2) is 64.5 Å². The lowest BCUT2D eigenvalue weighted by molar-refractivity contribution is -0.137. The molecule has 0 N–H and O–H groups in total. The smallest absolute Gasteiger partial charge is 0.416 e. The average Bonchev–Trinajstić information content (AvgIpc) is 2.92. The number of sulfonamides is 1. The molecule has 2 heterocycles. The molecular weight excluding hydrogens is 619 g/mol. The molecule has 214 valence electrons. The Morgan fingerprint density at radius 3 is 2.52 bits per heavy atom. The Morgan fingerprint density at radius 1 is 1.12 bits per heavy atom. The molecule has 3 atom stereocenters. The van der Waals surface area contributed by atoms with Gasteiger partial charge in [0.2, 0.25) is 5.88 Å². The molecule has 1 aliphatic rings. The van der Waals surface area contributed by atoms with Gasteiger partial charge in [-0.3, -0.25) is 4.79 Å². The van der Waals surface area contributed by atoms with Crippen LogP contribution in [0.2, 0.25) is 0 Å². The third-order valence-corrected chi connectivity index (χ3v) is 8.65. The minimum absolute atomic E-state index is 0.0449. The van der Waals surface area contributed by atoms with Gasteiger partial charge in [0, 0.05) is 18.3 Å². The average molecular weight is 644 g/mol. The van der Waals surface area contributed by atoms with Crippen LogP contribution in [0.3, 0.4) is 0 Å². The molecule has 10 nitrogen and oxygen atoms in total. The van der Waals surface area contributed by atoms with E-state index in [-0.39, 0.29) is 45.6 Å². The molecule has 1 fully saturated rings. The van der Waals surface area contributed by atoms with Gasteiger partial charge in [-0.25, -0.2) is 15.0 Å². The Bertz CT molecular complexity index is 1450. The maximum Gasteiger partial charge on any atom is 0.416 e. The number of hydrogen-bond donors (Lipinski definition) is 0. The first-order chi connectivity index (χ1) is 18.9. The van der Waals surface area contributed by atoms with Gasteiger partial charge in [-0.1, -0.05) is 22.7 Å². The second-order valence-corrected chi connectivity index (χ2v) is 11.9. The van der Waals surface area contributed by atoms with E-state index in [9.17, 15) is 26.4 Å². The van der Waals surface area contributed by atoms with Crippen LogP contribution in [0.5, 0.6) is 5.88 Å². The van der Waals surface area contributed by atoms with Crippen LogP contribution in [-0.4, -0.2) is 61.0 Å². The first kappa shape index (κ1) is 29.7. The Morgan fingerprint density at radius 2 is 1.90 bits per heavy atom. The van der Waals surface area contributed by atoms with Crippen LogP contribution >= 0.6 is 15.9 Å². The van der Waals surface area contributed by atoms with Crippen molar-refractivity contribution in [3.05, 3.63) is 70.7 Å². The summed E-state index contributed by atoms with van der Waals surface area (Å²) >= 11 is 3.32.